The molecule has 0 aliphatic heterocycles. The number of rotatable bonds is 4. The summed E-state index contributed by atoms with van der Waals surface area (Å²) >= 11 is 0. The molecule has 1 rings (SSSR count). The molecule has 3 nitrogen and oxygen atoms in total. The molecule has 1 aromatic carbocycles. The molecule has 0 aliphatic carbocycles. The summed E-state index contributed by atoms with van der Waals surface area (Å²) in [5.41, 5.74) is 3.93. The van der Waals surface area contributed by atoms with E-state index in [1.807, 2.05) is 0 Å². The summed E-state index contributed by atoms with van der Waals surface area (Å²) in [6, 6.07) is 3.41. The Balaban J connectivity index is 3.27. The van der Waals surface area contributed by atoms with Crippen LogP contribution in [0.2, 0.25) is 0 Å². The van der Waals surface area contributed by atoms with Gasteiger partial charge >= 0.3 is 5.97 Å². The van der Waals surface area contributed by atoms with E-state index in [4.69, 9.17) is 10.8 Å². The van der Waals surface area contributed by atoms with Gasteiger partial charge in [0.15, 0.2) is 0 Å². The number of nitrogens with two attached hydrogens (primary N) is 1. The van der Waals surface area contributed by atoms with Crippen molar-refractivity contribution in [2.75, 3.05) is 6.54 Å². The highest BCUT2D eigenvalue weighted by molar-refractivity contribution is 5.69. The minimum atomic E-state index is -1.23. The van der Waals surface area contributed by atoms with Gasteiger partial charge in [-0.15, -0.1) is 0 Å². The number of halogens is 2. The van der Waals surface area contributed by atoms with Gasteiger partial charge in [0.2, 0.25) is 0 Å². The molecule has 0 spiro atoms. The van der Waals surface area contributed by atoms with Crippen LogP contribution in [0.15, 0.2) is 18.2 Å². The fourth-order valence-electron chi connectivity index (χ4n) is 1.67. The smallest absolute Gasteiger partial charge is 0.304 e. The molecule has 1 aromatic rings. The number of carboxylic acids is 1. The Morgan fingerprint density at radius 3 is 2.31 bits per heavy atom. The summed E-state index contributed by atoms with van der Waals surface area (Å²) in [7, 11) is 0. The Morgan fingerprint density at radius 1 is 1.44 bits per heavy atom. The lowest BCUT2D eigenvalue weighted by Gasteiger charge is -2.27. The molecule has 3 N–H and O–H groups in total. The van der Waals surface area contributed by atoms with Crippen LogP contribution in [0.1, 0.15) is 18.9 Å². The van der Waals surface area contributed by atoms with Crippen molar-refractivity contribution in [3.05, 3.63) is 35.4 Å². The number of hydrogen-bond donors (Lipinski definition) is 2. The van der Waals surface area contributed by atoms with Gasteiger partial charge in [-0.2, -0.15) is 0 Å². The molecule has 0 bridgehead atoms. The summed E-state index contributed by atoms with van der Waals surface area (Å²) in [5.74, 6) is -2.68. The van der Waals surface area contributed by atoms with Gasteiger partial charge in [0.25, 0.3) is 0 Å². The van der Waals surface area contributed by atoms with Gasteiger partial charge in [0, 0.05) is 17.5 Å². The van der Waals surface area contributed by atoms with Crippen LogP contribution in [-0.2, 0) is 10.2 Å². The molecule has 88 valence electrons. The highest BCUT2D eigenvalue weighted by Crippen LogP contribution is 2.30. The molecular weight excluding hydrogens is 216 g/mol. The van der Waals surface area contributed by atoms with E-state index in [-0.39, 0.29) is 12.1 Å². The van der Waals surface area contributed by atoms with Gasteiger partial charge in [-0.25, -0.2) is 8.78 Å². The van der Waals surface area contributed by atoms with E-state index in [9.17, 15) is 13.6 Å². The molecule has 16 heavy (non-hydrogen) atoms. The molecule has 1 atom stereocenters. The van der Waals surface area contributed by atoms with Crippen LogP contribution in [0.3, 0.4) is 0 Å². The third-order valence-electron chi connectivity index (χ3n) is 2.56. The van der Waals surface area contributed by atoms with Crippen molar-refractivity contribution >= 4 is 5.97 Å². The molecule has 5 heteroatoms. The molecule has 0 radical (unpaired) electrons. The largest absolute Gasteiger partial charge is 0.481 e. The monoisotopic (exact) mass is 229 g/mol. The highest BCUT2D eigenvalue weighted by Gasteiger charge is 2.33. The molecule has 0 saturated carbocycles. The Bertz CT molecular complexity index is 389. The third-order valence-corrected chi connectivity index (χ3v) is 2.56. The third kappa shape index (κ3) is 2.36. The van der Waals surface area contributed by atoms with E-state index < -0.39 is 29.4 Å². The summed E-state index contributed by atoms with van der Waals surface area (Å²) in [6.45, 7) is 1.29. The second kappa shape index (κ2) is 4.57. The Hall–Kier alpha value is -1.49. The molecule has 0 heterocycles. The fourth-order valence-corrected chi connectivity index (χ4v) is 1.67. The van der Waals surface area contributed by atoms with Crippen molar-refractivity contribution in [1.29, 1.82) is 0 Å². The van der Waals surface area contributed by atoms with Crippen LogP contribution < -0.4 is 5.73 Å². The molecular formula is C11H13F2NO2. The van der Waals surface area contributed by atoms with Crippen molar-refractivity contribution < 1.29 is 18.7 Å². The molecule has 0 aliphatic rings. The maximum atomic E-state index is 13.5. The minimum absolute atomic E-state index is 0.142. The van der Waals surface area contributed by atoms with Gasteiger partial charge in [-0.1, -0.05) is 13.0 Å². The highest BCUT2D eigenvalue weighted by atomic mass is 19.1. The SMILES string of the molecule is CC(CN)(CC(=O)O)c1c(F)cccc1F. The minimum Gasteiger partial charge on any atom is -0.481 e. The topological polar surface area (TPSA) is 63.3 Å². The maximum Gasteiger partial charge on any atom is 0.304 e. The zero-order valence-electron chi connectivity index (χ0n) is 8.84. The van der Waals surface area contributed by atoms with Crippen LogP contribution >= 0.6 is 0 Å². The van der Waals surface area contributed by atoms with E-state index in [2.05, 4.69) is 0 Å². The second-order valence-electron chi connectivity index (χ2n) is 3.93. The normalized spacial score (nSPS) is 14.5. The first kappa shape index (κ1) is 12.6. The molecule has 0 fully saturated rings. The first-order valence-corrected chi connectivity index (χ1v) is 4.77. The van der Waals surface area contributed by atoms with Crippen molar-refractivity contribution in [3.8, 4) is 0 Å². The van der Waals surface area contributed by atoms with Crippen LogP contribution in [0, 0.1) is 11.6 Å². The molecule has 0 aromatic heterocycles. The lowest BCUT2D eigenvalue weighted by molar-refractivity contribution is -0.138. The quantitative estimate of drug-likeness (QED) is 0.825. The lowest BCUT2D eigenvalue weighted by Crippen LogP contribution is -2.36. The first-order valence-electron chi connectivity index (χ1n) is 4.77. The van der Waals surface area contributed by atoms with Gasteiger partial charge in [0.05, 0.1) is 6.42 Å². The summed E-state index contributed by atoms with van der Waals surface area (Å²) in [5, 5.41) is 8.72. The van der Waals surface area contributed by atoms with Gasteiger partial charge in [-0.3, -0.25) is 4.79 Å². The molecule has 0 saturated heterocycles. The van der Waals surface area contributed by atoms with Gasteiger partial charge in [-0.05, 0) is 12.1 Å². The van der Waals surface area contributed by atoms with Gasteiger partial charge < -0.3 is 10.8 Å². The average molecular weight is 229 g/mol. The van der Waals surface area contributed by atoms with E-state index in [0.29, 0.717) is 0 Å². The Labute approximate surface area is 91.9 Å². The number of carboxylic acid groups (broad SMARTS) is 1. The predicted molar refractivity (Wildman–Crippen MR) is 55.0 cm³/mol. The van der Waals surface area contributed by atoms with E-state index in [0.717, 1.165) is 12.1 Å². The van der Waals surface area contributed by atoms with Crippen LogP contribution in [0.25, 0.3) is 0 Å². The van der Waals surface area contributed by atoms with Crippen molar-refractivity contribution in [2.24, 2.45) is 5.73 Å². The number of hydrogen-bond acceptors (Lipinski definition) is 2. The summed E-state index contributed by atoms with van der Waals surface area (Å²) < 4.78 is 27.0. The maximum absolute atomic E-state index is 13.5. The van der Waals surface area contributed by atoms with Gasteiger partial charge in [0.1, 0.15) is 11.6 Å². The van der Waals surface area contributed by atoms with E-state index >= 15 is 0 Å². The summed E-state index contributed by atoms with van der Waals surface area (Å²) in [4.78, 5) is 10.7. The van der Waals surface area contributed by atoms with E-state index in [1.165, 1.54) is 13.0 Å². The zero-order valence-corrected chi connectivity index (χ0v) is 8.84. The van der Waals surface area contributed by atoms with Crippen molar-refractivity contribution in [2.45, 2.75) is 18.8 Å². The van der Waals surface area contributed by atoms with Crippen molar-refractivity contribution in [3.63, 3.8) is 0 Å². The predicted octanol–water partition coefficient (Wildman–Crippen LogP) is 1.66. The zero-order chi connectivity index (χ0) is 12.3. The van der Waals surface area contributed by atoms with E-state index in [1.54, 1.807) is 0 Å². The lowest BCUT2D eigenvalue weighted by atomic mass is 9.79. The fraction of sp³-hybridized carbons (Fsp3) is 0.364. The number of aliphatic carboxylic acids is 1. The Kier molecular flexibility index (Phi) is 3.59. The van der Waals surface area contributed by atoms with Crippen LogP contribution in [0.4, 0.5) is 8.78 Å². The second-order valence-corrected chi connectivity index (χ2v) is 3.93. The first-order chi connectivity index (χ1) is 7.40. The number of carbonyl (C=O) groups is 1. The van der Waals surface area contributed by atoms with Crippen molar-refractivity contribution in [1.82, 2.24) is 0 Å². The number of benzene rings is 1. The molecule has 1 unspecified atom stereocenters. The van der Waals surface area contributed by atoms with Crippen LogP contribution in [0.5, 0.6) is 0 Å². The Morgan fingerprint density at radius 2 is 1.94 bits per heavy atom. The standard InChI is InChI=1S/C11H13F2NO2/c1-11(6-14,5-9(15)16)10-7(12)3-2-4-8(10)13/h2-4H,5-6,14H2,1H3,(H,15,16). The summed E-state index contributed by atoms with van der Waals surface area (Å²) in [6.07, 6.45) is -0.415. The average Bonchev–Trinajstić information content (AvgIpc) is 2.16. The molecule has 0 amide bonds. The van der Waals surface area contributed by atoms with Crippen LogP contribution in [-0.4, -0.2) is 17.6 Å².